The Bertz CT molecular complexity index is 634. The first-order chi connectivity index (χ1) is 13.2. The van der Waals surface area contributed by atoms with Crippen LogP contribution in [0.3, 0.4) is 0 Å². The van der Waals surface area contributed by atoms with E-state index in [1.807, 2.05) is 19.1 Å². The van der Waals surface area contributed by atoms with E-state index in [-0.39, 0.29) is 5.82 Å². The number of halogens is 1. The maximum Gasteiger partial charge on any atom is 0.127 e. The summed E-state index contributed by atoms with van der Waals surface area (Å²) in [5.74, 6) is 10.0. The summed E-state index contributed by atoms with van der Waals surface area (Å²) >= 11 is 0. The molecule has 0 saturated heterocycles. The third-order valence-corrected chi connectivity index (χ3v) is 7.15. The average molecular weight is 369 g/mol. The van der Waals surface area contributed by atoms with Gasteiger partial charge in [-0.15, -0.1) is 0 Å². The summed E-state index contributed by atoms with van der Waals surface area (Å²) < 4.78 is 13.9. The van der Waals surface area contributed by atoms with E-state index in [2.05, 4.69) is 18.8 Å². The van der Waals surface area contributed by atoms with Crippen molar-refractivity contribution in [3.05, 3.63) is 35.1 Å². The monoisotopic (exact) mass is 368 g/mol. The normalized spacial score (nSPS) is 28.4. The molecule has 1 aromatic rings. The van der Waals surface area contributed by atoms with Crippen molar-refractivity contribution in [2.75, 3.05) is 0 Å². The first kappa shape index (κ1) is 20.4. The smallest absolute Gasteiger partial charge is 0.127 e. The zero-order valence-corrected chi connectivity index (χ0v) is 17.4. The van der Waals surface area contributed by atoms with Gasteiger partial charge in [0.15, 0.2) is 0 Å². The third-order valence-electron chi connectivity index (χ3n) is 7.15. The first-order valence-electron chi connectivity index (χ1n) is 11.5. The number of hydrogen-bond donors (Lipinski definition) is 0. The highest BCUT2D eigenvalue weighted by Crippen LogP contribution is 2.42. The van der Waals surface area contributed by atoms with E-state index >= 15 is 0 Å². The minimum Gasteiger partial charge on any atom is -0.207 e. The average Bonchev–Trinajstić information content (AvgIpc) is 2.71. The van der Waals surface area contributed by atoms with Crippen LogP contribution < -0.4 is 0 Å². The Morgan fingerprint density at radius 3 is 2.19 bits per heavy atom. The second-order valence-corrected chi connectivity index (χ2v) is 8.96. The minimum atomic E-state index is -0.109. The molecule has 0 N–H and O–H groups in total. The molecule has 3 rings (SSSR count). The van der Waals surface area contributed by atoms with Crippen LogP contribution in [-0.4, -0.2) is 0 Å². The van der Waals surface area contributed by atoms with Gasteiger partial charge in [0.25, 0.3) is 0 Å². The topological polar surface area (TPSA) is 0 Å². The van der Waals surface area contributed by atoms with Gasteiger partial charge in [0.2, 0.25) is 0 Å². The van der Waals surface area contributed by atoms with E-state index < -0.39 is 0 Å². The van der Waals surface area contributed by atoms with Gasteiger partial charge < -0.3 is 0 Å². The maximum absolute atomic E-state index is 13.9. The third kappa shape index (κ3) is 5.84. The van der Waals surface area contributed by atoms with E-state index in [9.17, 15) is 4.39 Å². The Labute approximate surface area is 166 Å². The summed E-state index contributed by atoms with van der Waals surface area (Å²) in [5, 5.41) is 0. The molecule has 0 aromatic heterocycles. The van der Waals surface area contributed by atoms with Crippen LogP contribution in [0.15, 0.2) is 18.2 Å². The van der Waals surface area contributed by atoms with Crippen molar-refractivity contribution < 1.29 is 4.39 Å². The van der Waals surface area contributed by atoms with E-state index in [0.717, 1.165) is 35.3 Å². The fraction of sp³-hybridized carbons (Fsp3) is 0.692. The highest BCUT2D eigenvalue weighted by molar-refractivity contribution is 5.37. The van der Waals surface area contributed by atoms with Crippen LogP contribution in [0.1, 0.15) is 95.6 Å². The van der Waals surface area contributed by atoms with Crippen molar-refractivity contribution >= 4 is 0 Å². The number of rotatable bonds is 5. The quantitative estimate of drug-likeness (QED) is 0.471. The Balaban J connectivity index is 1.44. The largest absolute Gasteiger partial charge is 0.207 e. The van der Waals surface area contributed by atoms with Gasteiger partial charge in [0.05, 0.1) is 0 Å². The number of aryl methyl sites for hydroxylation is 1. The fourth-order valence-corrected chi connectivity index (χ4v) is 5.27. The lowest BCUT2D eigenvalue weighted by Gasteiger charge is -2.37. The maximum atomic E-state index is 13.9. The zero-order chi connectivity index (χ0) is 19.1. The molecule has 0 unspecified atom stereocenters. The number of unbranched alkanes of at least 4 members (excludes halogenated alkanes) is 1. The number of hydrogen-bond acceptors (Lipinski definition) is 0. The van der Waals surface area contributed by atoms with Gasteiger partial charge in [-0.05, 0) is 80.4 Å². The van der Waals surface area contributed by atoms with Crippen molar-refractivity contribution in [2.45, 2.75) is 90.9 Å². The SMILES string of the molecule is CCCC[C@H]1CC[C@H](C2CCC(C#Cc3ccc(CC)c(F)c3)CC2)CC1. The van der Waals surface area contributed by atoms with Crippen molar-refractivity contribution in [1.82, 2.24) is 0 Å². The molecule has 0 spiro atoms. The molecular weight excluding hydrogens is 331 g/mol. The van der Waals surface area contributed by atoms with Crippen LogP contribution in [-0.2, 0) is 6.42 Å². The summed E-state index contributed by atoms with van der Waals surface area (Å²) in [7, 11) is 0. The highest BCUT2D eigenvalue weighted by Gasteiger charge is 2.30. The lowest BCUT2D eigenvalue weighted by molar-refractivity contribution is 0.153. The van der Waals surface area contributed by atoms with Gasteiger partial charge >= 0.3 is 0 Å². The van der Waals surface area contributed by atoms with E-state index in [0.29, 0.717) is 5.92 Å². The molecule has 2 aliphatic carbocycles. The molecule has 0 bridgehead atoms. The van der Waals surface area contributed by atoms with Crippen molar-refractivity contribution in [2.24, 2.45) is 23.7 Å². The molecule has 0 amide bonds. The summed E-state index contributed by atoms with van der Waals surface area (Å²) in [6.45, 7) is 4.30. The van der Waals surface area contributed by atoms with Gasteiger partial charge in [-0.1, -0.05) is 63.9 Å². The summed E-state index contributed by atoms with van der Waals surface area (Å²) in [4.78, 5) is 0. The summed E-state index contributed by atoms with van der Waals surface area (Å²) in [6, 6.07) is 5.46. The van der Waals surface area contributed by atoms with Crippen LogP contribution in [0, 0.1) is 41.3 Å². The van der Waals surface area contributed by atoms with Crippen LogP contribution >= 0.6 is 0 Å². The molecule has 148 valence electrons. The summed E-state index contributed by atoms with van der Waals surface area (Å²) in [5.41, 5.74) is 1.61. The minimum absolute atomic E-state index is 0.109. The zero-order valence-electron chi connectivity index (χ0n) is 17.4. The van der Waals surface area contributed by atoms with Gasteiger partial charge in [-0.3, -0.25) is 0 Å². The molecule has 0 radical (unpaired) electrons. The van der Waals surface area contributed by atoms with Gasteiger partial charge in [0.1, 0.15) is 5.82 Å². The molecule has 1 heteroatoms. The second-order valence-electron chi connectivity index (χ2n) is 8.96. The molecule has 2 aliphatic rings. The van der Waals surface area contributed by atoms with Gasteiger partial charge in [-0.2, -0.15) is 0 Å². The fourth-order valence-electron chi connectivity index (χ4n) is 5.27. The van der Waals surface area contributed by atoms with E-state index in [4.69, 9.17) is 0 Å². The second kappa shape index (κ2) is 10.3. The van der Waals surface area contributed by atoms with Crippen molar-refractivity contribution in [1.29, 1.82) is 0 Å². The highest BCUT2D eigenvalue weighted by atomic mass is 19.1. The molecule has 0 aliphatic heterocycles. The van der Waals surface area contributed by atoms with Gasteiger partial charge in [-0.25, -0.2) is 4.39 Å². The Kier molecular flexibility index (Phi) is 7.81. The van der Waals surface area contributed by atoms with Crippen molar-refractivity contribution in [3.63, 3.8) is 0 Å². The molecule has 27 heavy (non-hydrogen) atoms. The lowest BCUT2D eigenvalue weighted by Crippen LogP contribution is -2.25. The molecule has 2 saturated carbocycles. The van der Waals surface area contributed by atoms with Crippen LogP contribution in [0.5, 0.6) is 0 Å². The van der Waals surface area contributed by atoms with Crippen molar-refractivity contribution in [3.8, 4) is 11.8 Å². The van der Waals surface area contributed by atoms with Crippen LogP contribution in [0.2, 0.25) is 0 Å². The van der Waals surface area contributed by atoms with Crippen LogP contribution in [0.25, 0.3) is 0 Å². The predicted octanol–water partition coefficient (Wildman–Crippen LogP) is 7.54. The van der Waals surface area contributed by atoms with Crippen LogP contribution in [0.4, 0.5) is 4.39 Å². The molecule has 0 heterocycles. The lowest BCUT2D eigenvalue weighted by atomic mass is 9.69. The first-order valence-corrected chi connectivity index (χ1v) is 11.5. The molecule has 2 fully saturated rings. The number of benzene rings is 1. The van der Waals surface area contributed by atoms with E-state index in [1.165, 1.54) is 70.6 Å². The predicted molar refractivity (Wildman–Crippen MR) is 113 cm³/mol. The Morgan fingerprint density at radius 2 is 1.59 bits per heavy atom. The van der Waals surface area contributed by atoms with Gasteiger partial charge in [0, 0.05) is 11.5 Å². The molecule has 1 aromatic carbocycles. The Morgan fingerprint density at radius 1 is 0.926 bits per heavy atom. The molecule has 0 nitrogen and oxygen atoms in total. The standard InChI is InChI=1S/C26H37F/c1-3-5-6-20-9-15-24(16-10-20)25-17-11-21(12-18-25)7-8-22-13-14-23(4-2)26(27)19-22/h13-14,19-21,24-25H,3-6,9-12,15-18H2,1-2H3/t20-,21?,24-,25?. The Hall–Kier alpha value is -1.29. The summed E-state index contributed by atoms with van der Waals surface area (Å²) in [6.07, 6.45) is 16.1. The molecule has 0 atom stereocenters. The van der Waals surface area contributed by atoms with E-state index in [1.54, 1.807) is 6.07 Å². The molecular formula is C26H37F.